The smallest absolute Gasteiger partial charge is 0.0324 e. The molecule has 0 aromatic heterocycles. The zero-order valence-corrected chi connectivity index (χ0v) is 13.7. The van der Waals surface area contributed by atoms with E-state index in [1.165, 1.54) is 12.0 Å². The van der Waals surface area contributed by atoms with Crippen LogP contribution in [0.1, 0.15) is 52.6 Å². The summed E-state index contributed by atoms with van der Waals surface area (Å²) in [5.41, 5.74) is 1.67. The summed E-state index contributed by atoms with van der Waals surface area (Å²) in [5.74, 6) is 0.676. The summed E-state index contributed by atoms with van der Waals surface area (Å²) in [7, 11) is 0. The zero-order chi connectivity index (χ0) is 14.8. The van der Waals surface area contributed by atoms with Gasteiger partial charge in [-0.1, -0.05) is 51.1 Å². The third-order valence-electron chi connectivity index (χ3n) is 5.02. The Morgan fingerprint density at radius 3 is 2.45 bits per heavy atom. The molecule has 1 aromatic carbocycles. The van der Waals surface area contributed by atoms with E-state index in [0.717, 1.165) is 13.1 Å². The Morgan fingerprint density at radius 2 is 1.90 bits per heavy atom. The first-order valence-corrected chi connectivity index (χ1v) is 8.02. The molecule has 0 radical (unpaired) electrons. The topological polar surface area (TPSA) is 15.3 Å². The van der Waals surface area contributed by atoms with Crippen molar-refractivity contribution in [3.8, 4) is 0 Å². The van der Waals surface area contributed by atoms with Gasteiger partial charge in [-0.15, -0.1) is 0 Å². The summed E-state index contributed by atoms with van der Waals surface area (Å²) in [6.45, 7) is 13.9. The van der Waals surface area contributed by atoms with E-state index in [9.17, 15) is 0 Å². The molecule has 3 atom stereocenters. The molecule has 112 valence electrons. The maximum atomic E-state index is 3.77. The molecule has 2 heteroatoms. The molecule has 3 unspecified atom stereocenters. The van der Waals surface area contributed by atoms with Crippen LogP contribution in [-0.4, -0.2) is 29.6 Å². The molecule has 1 aliphatic rings. The molecule has 1 aliphatic heterocycles. The van der Waals surface area contributed by atoms with Gasteiger partial charge in [0.1, 0.15) is 0 Å². The van der Waals surface area contributed by atoms with Gasteiger partial charge in [0, 0.05) is 30.7 Å². The van der Waals surface area contributed by atoms with Gasteiger partial charge >= 0.3 is 0 Å². The van der Waals surface area contributed by atoms with E-state index in [0.29, 0.717) is 18.0 Å². The van der Waals surface area contributed by atoms with Crippen molar-refractivity contribution in [2.24, 2.45) is 5.92 Å². The van der Waals surface area contributed by atoms with Crippen LogP contribution in [0, 0.1) is 5.92 Å². The van der Waals surface area contributed by atoms with Crippen molar-refractivity contribution in [3.63, 3.8) is 0 Å². The summed E-state index contributed by atoms with van der Waals surface area (Å²) in [5, 5.41) is 3.77. The van der Waals surface area contributed by atoms with E-state index < -0.39 is 0 Å². The number of hydrogen-bond donors (Lipinski definition) is 1. The van der Waals surface area contributed by atoms with Crippen LogP contribution in [0.15, 0.2) is 30.3 Å². The van der Waals surface area contributed by atoms with Gasteiger partial charge in [-0.05, 0) is 31.7 Å². The first-order chi connectivity index (χ1) is 9.47. The van der Waals surface area contributed by atoms with Crippen molar-refractivity contribution < 1.29 is 0 Å². The van der Waals surface area contributed by atoms with Crippen LogP contribution in [0.2, 0.25) is 0 Å². The summed E-state index contributed by atoms with van der Waals surface area (Å²) in [4.78, 5) is 2.71. The van der Waals surface area contributed by atoms with Crippen molar-refractivity contribution in [1.82, 2.24) is 10.2 Å². The van der Waals surface area contributed by atoms with E-state index in [-0.39, 0.29) is 5.54 Å². The molecule has 1 heterocycles. The maximum absolute atomic E-state index is 3.77. The Labute approximate surface area is 124 Å². The lowest BCUT2D eigenvalue weighted by Crippen LogP contribution is -2.64. The predicted octanol–water partition coefficient (Wildman–Crippen LogP) is 3.85. The van der Waals surface area contributed by atoms with E-state index >= 15 is 0 Å². The highest BCUT2D eigenvalue weighted by Crippen LogP contribution is 2.31. The minimum atomic E-state index is 0.244. The molecule has 0 amide bonds. The maximum Gasteiger partial charge on any atom is 0.0324 e. The number of piperazine rings is 1. The predicted molar refractivity (Wildman–Crippen MR) is 86.9 cm³/mol. The van der Waals surface area contributed by atoms with E-state index in [2.05, 4.69) is 75.2 Å². The molecule has 0 bridgehead atoms. The third-order valence-corrected chi connectivity index (χ3v) is 5.02. The fraction of sp³-hybridized carbons (Fsp3) is 0.667. The van der Waals surface area contributed by atoms with Crippen LogP contribution >= 0.6 is 0 Å². The third kappa shape index (κ3) is 3.24. The van der Waals surface area contributed by atoms with Crippen molar-refractivity contribution in [2.75, 3.05) is 13.1 Å². The Kier molecular flexibility index (Phi) is 4.87. The lowest BCUT2D eigenvalue weighted by Gasteiger charge is -2.50. The van der Waals surface area contributed by atoms with Crippen molar-refractivity contribution in [2.45, 2.75) is 58.7 Å². The van der Waals surface area contributed by atoms with Gasteiger partial charge in [0.15, 0.2) is 0 Å². The second-order valence-corrected chi connectivity index (χ2v) is 6.87. The van der Waals surface area contributed by atoms with Crippen LogP contribution in [-0.2, 0) is 0 Å². The largest absolute Gasteiger partial charge is 0.309 e. The van der Waals surface area contributed by atoms with Gasteiger partial charge in [-0.3, -0.25) is 4.90 Å². The molecule has 2 nitrogen and oxygen atoms in total. The number of benzene rings is 1. The van der Waals surface area contributed by atoms with Gasteiger partial charge < -0.3 is 5.32 Å². The lowest BCUT2D eigenvalue weighted by molar-refractivity contribution is 0.0295. The quantitative estimate of drug-likeness (QED) is 0.897. The summed E-state index contributed by atoms with van der Waals surface area (Å²) < 4.78 is 0. The average Bonchev–Trinajstić information content (AvgIpc) is 2.47. The normalized spacial score (nSPS) is 29.6. The molecular formula is C18H30N2. The molecule has 0 saturated carbocycles. The monoisotopic (exact) mass is 274 g/mol. The van der Waals surface area contributed by atoms with Crippen LogP contribution in [0.5, 0.6) is 0 Å². The van der Waals surface area contributed by atoms with Crippen molar-refractivity contribution in [3.05, 3.63) is 35.9 Å². The SMILES string of the molecule is CCC1(C)CN(C(C)c2ccccc2)C(C(C)C)CN1. The van der Waals surface area contributed by atoms with Gasteiger partial charge in [0.2, 0.25) is 0 Å². The van der Waals surface area contributed by atoms with Crippen molar-refractivity contribution in [1.29, 1.82) is 0 Å². The molecule has 1 fully saturated rings. The first kappa shape index (κ1) is 15.5. The van der Waals surface area contributed by atoms with Gasteiger partial charge in [0.05, 0.1) is 0 Å². The highest BCUT2D eigenvalue weighted by atomic mass is 15.3. The van der Waals surface area contributed by atoms with Crippen molar-refractivity contribution >= 4 is 0 Å². The standard InChI is InChI=1S/C18H30N2/c1-6-18(5)13-20(17(12-19-18)14(2)3)15(4)16-10-8-7-9-11-16/h7-11,14-15,17,19H,6,12-13H2,1-5H3. The van der Waals surface area contributed by atoms with Crippen LogP contribution in [0.25, 0.3) is 0 Å². The number of nitrogens with zero attached hydrogens (tertiary/aromatic N) is 1. The summed E-state index contributed by atoms with van der Waals surface area (Å²) >= 11 is 0. The molecule has 0 aliphatic carbocycles. The highest BCUT2D eigenvalue weighted by molar-refractivity contribution is 5.19. The Morgan fingerprint density at radius 1 is 1.25 bits per heavy atom. The average molecular weight is 274 g/mol. The highest BCUT2D eigenvalue weighted by Gasteiger charge is 2.38. The van der Waals surface area contributed by atoms with Crippen LogP contribution < -0.4 is 5.32 Å². The van der Waals surface area contributed by atoms with Crippen LogP contribution in [0.3, 0.4) is 0 Å². The Hall–Kier alpha value is -0.860. The van der Waals surface area contributed by atoms with E-state index in [1.54, 1.807) is 0 Å². The fourth-order valence-corrected chi connectivity index (χ4v) is 3.25. The van der Waals surface area contributed by atoms with E-state index in [4.69, 9.17) is 0 Å². The Bertz CT molecular complexity index is 415. The minimum Gasteiger partial charge on any atom is -0.309 e. The number of nitrogens with one attached hydrogen (secondary N) is 1. The van der Waals surface area contributed by atoms with Crippen LogP contribution in [0.4, 0.5) is 0 Å². The van der Waals surface area contributed by atoms with Gasteiger partial charge in [-0.2, -0.15) is 0 Å². The molecule has 0 spiro atoms. The Balaban J connectivity index is 2.23. The number of hydrogen-bond acceptors (Lipinski definition) is 2. The molecule has 2 rings (SSSR count). The lowest BCUT2D eigenvalue weighted by atomic mass is 9.88. The summed E-state index contributed by atoms with van der Waals surface area (Å²) in [6.07, 6.45) is 1.18. The summed E-state index contributed by atoms with van der Waals surface area (Å²) in [6, 6.07) is 12.0. The van der Waals surface area contributed by atoms with Gasteiger partial charge in [-0.25, -0.2) is 0 Å². The minimum absolute atomic E-state index is 0.244. The molecule has 1 aromatic rings. The first-order valence-electron chi connectivity index (χ1n) is 8.02. The zero-order valence-electron chi connectivity index (χ0n) is 13.7. The van der Waals surface area contributed by atoms with E-state index in [1.807, 2.05) is 0 Å². The molecule has 20 heavy (non-hydrogen) atoms. The molecule has 1 saturated heterocycles. The number of rotatable bonds is 4. The molecule has 1 N–H and O–H groups in total. The fourth-order valence-electron chi connectivity index (χ4n) is 3.25. The van der Waals surface area contributed by atoms with Gasteiger partial charge in [0.25, 0.3) is 0 Å². The second kappa shape index (κ2) is 6.28. The molecular weight excluding hydrogens is 244 g/mol. The second-order valence-electron chi connectivity index (χ2n) is 6.87.